The molecule has 0 aliphatic rings. The molecule has 0 spiro atoms. The zero-order valence-corrected chi connectivity index (χ0v) is 10.9. The molecule has 3 heterocycles. The molecule has 0 amide bonds. The summed E-state index contributed by atoms with van der Waals surface area (Å²) in [7, 11) is 0. The first-order valence-electron chi connectivity index (χ1n) is 4.38. The van der Waals surface area contributed by atoms with E-state index in [1.165, 1.54) is 0 Å². The van der Waals surface area contributed by atoms with Gasteiger partial charge in [-0.25, -0.2) is 0 Å². The normalized spacial score (nSPS) is 11.1. The summed E-state index contributed by atoms with van der Waals surface area (Å²) in [4.78, 5) is 0.995. The van der Waals surface area contributed by atoms with E-state index in [2.05, 4.69) is 31.2 Å². The molecule has 80 valence electrons. The lowest BCUT2D eigenvalue weighted by Gasteiger charge is -1.95. The summed E-state index contributed by atoms with van der Waals surface area (Å²) in [6.45, 7) is 0. The lowest BCUT2D eigenvalue weighted by atomic mass is 10.4. The molecule has 0 bridgehead atoms. The third-order valence-corrected chi connectivity index (χ3v) is 3.85. The molecule has 3 rings (SSSR count). The van der Waals surface area contributed by atoms with E-state index in [-0.39, 0.29) is 0 Å². The fourth-order valence-corrected chi connectivity index (χ4v) is 2.85. The molecule has 0 radical (unpaired) electrons. The average molecular weight is 316 g/mol. The Morgan fingerprint density at radius 2 is 2.06 bits per heavy atom. The first-order chi connectivity index (χ1) is 7.74. The number of rotatable bonds is 1. The smallest absolute Gasteiger partial charge is 0.190 e. The quantitative estimate of drug-likeness (QED) is 0.692. The molecule has 0 saturated heterocycles. The molecule has 4 nitrogen and oxygen atoms in total. The van der Waals surface area contributed by atoms with Gasteiger partial charge in [-0.3, -0.25) is 0 Å². The van der Waals surface area contributed by atoms with Gasteiger partial charge >= 0.3 is 0 Å². The Labute approximate surface area is 108 Å². The Kier molecular flexibility index (Phi) is 2.42. The van der Waals surface area contributed by atoms with Gasteiger partial charge in [0.1, 0.15) is 5.15 Å². The third-order valence-electron chi connectivity index (χ3n) is 2.02. The maximum Gasteiger partial charge on any atom is 0.195 e. The lowest BCUT2D eigenvalue weighted by Crippen LogP contribution is -1.93. The number of nitrogens with zero attached hydrogens (tertiary/aromatic N) is 4. The average Bonchev–Trinajstić information content (AvgIpc) is 2.83. The number of aromatic nitrogens is 4. The van der Waals surface area contributed by atoms with Crippen LogP contribution in [0, 0.1) is 0 Å². The molecule has 0 N–H and O–H groups in total. The van der Waals surface area contributed by atoms with Crippen molar-refractivity contribution < 1.29 is 0 Å². The van der Waals surface area contributed by atoms with E-state index in [9.17, 15) is 0 Å². The van der Waals surface area contributed by atoms with Crippen LogP contribution in [0.1, 0.15) is 0 Å². The zero-order valence-electron chi connectivity index (χ0n) is 7.76. The van der Waals surface area contributed by atoms with E-state index in [0.717, 1.165) is 8.66 Å². The highest BCUT2D eigenvalue weighted by atomic mass is 79.9. The van der Waals surface area contributed by atoms with Gasteiger partial charge in [0.2, 0.25) is 0 Å². The molecule has 16 heavy (non-hydrogen) atoms. The number of hydrogen-bond acceptors (Lipinski definition) is 4. The number of thiophene rings is 1. The van der Waals surface area contributed by atoms with Crippen molar-refractivity contribution in [1.29, 1.82) is 0 Å². The molecule has 0 aliphatic heterocycles. The minimum atomic E-state index is 0.421. The van der Waals surface area contributed by atoms with Gasteiger partial charge in [0, 0.05) is 0 Å². The van der Waals surface area contributed by atoms with E-state index in [0.29, 0.717) is 16.6 Å². The predicted molar refractivity (Wildman–Crippen MR) is 66.8 cm³/mol. The van der Waals surface area contributed by atoms with E-state index >= 15 is 0 Å². The summed E-state index contributed by atoms with van der Waals surface area (Å²) >= 11 is 10.8. The van der Waals surface area contributed by atoms with E-state index in [1.54, 1.807) is 28.0 Å². The summed E-state index contributed by atoms with van der Waals surface area (Å²) < 4.78 is 2.68. The van der Waals surface area contributed by atoms with Crippen LogP contribution in [-0.2, 0) is 0 Å². The van der Waals surface area contributed by atoms with Crippen molar-refractivity contribution in [3.63, 3.8) is 0 Å². The fourth-order valence-electron chi connectivity index (χ4n) is 1.35. The molecule has 0 saturated carbocycles. The molecule has 3 aromatic rings. The maximum atomic E-state index is 5.85. The number of halogens is 2. The molecule has 7 heteroatoms. The second-order valence-corrected chi connectivity index (χ2v) is 5.90. The van der Waals surface area contributed by atoms with Gasteiger partial charge < -0.3 is 0 Å². The van der Waals surface area contributed by atoms with Crippen LogP contribution in [0.15, 0.2) is 28.1 Å². The monoisotopic (exact) mass is 314 g/mol. The van der Waals surface area contributed by atoms with Crippen molar-refractivity contribution in [2.75, 3.05) is 0 Å². The van der Waals surface area contributed by atoms with Crippen molar-refractivity contribution in [2.24, 2.45) is 0 Å². The second-order valence-electron chi connectivity index (χ2n) is 3.05. The standard InChI is InChI=1S/C9H4BrClN4S/c10-6-2-1-5(16-6)9-13-12-8-4-3-7(11)14-15(8)9/h1-4H. The van der Waals surface area contributed by atoms with Crippen LogP contribution < -0.4 is 0 Å². The highest BCUT2D eigenvalue weighted by Gasteiger charge is 2.11. The summed E-state index contributed by atoms with van der Waals surface area (Å²) in [6.07, 6.45) is 0. The Hall–Kier alpha value is -0.980. The van der Waals surface area contributed by atoms with Gasteiger partial charge in [-0.05, 0) is 40.2 Å². The van der Waals surface area contributed by atoms with Crippen molar-refractivity contribution in [3.8, 4) is 10.7 Å². The minimum Gasteiger partial charge on any atom is -0.190 e. The molecule has 0 unspecified atom stereocenters. The Bertz CT molecular complexity index is 662. The van der Waals surface area contributed by atoms with Crippen LogP contribution in [0.2, 0.25) is 5.15 Å². The fraction of sp³-hybridized carbons (Fsp3) is 0. The molecule has 0 aliphatic carbocycles. The van der Waals surface area contributed by atoms with E-state index in [1.807, 2.05) is 12.1 Å². The van der Waals surface area contributed by atoms with Crippen molar-refractivity contribution in [1.82, 2.24) is 19.8 Å². The highest BCUT2D eigenvalue weighted by molar-refractivity contribution is 9.11. The summed E-state index contributed by atoms with van der Waals surface area (Å²) in [5.41, 5.74) is 0.684. The van der Waals surface area contributed by atoms with Crippen LogP contribution in [0.25, 0.3) is 16.3 Å². The molecular weight excluding hydrogens is 312 g/mol. The summed E-state index contributed by atoms with van der Waals surface area (Å²) in [5.74, 6) is 0.702. The van der Waals surface area contributed by atoms with E-state index < -0.39 is 0 Å². The van der Waals surface area contributed by atoms with Gasteiger partial charge in [-0.2, -0.15) is 9.61 Å². The highest BCUT2D eigenvalue weighted by Crippen LogP contribution is 2.30. The van der Waals surface area contributed by atoms with Crippen LogP contribution >= 0.6 is 38.9 Å². The van der Waals surface area contributed by atoms with Crippen molar-refractivity contribution in [2.45, 2.75) is 0 Å². The van der Waals surface area contributed by atoms with Gasteiger partial charge in [-0.1, -0.05) is 11.6 Å². The van der Waals surface area contributed by atoms with Crippen LogP contribution in [0.5, 0.6) is 0 Å². The Balaban J connectivity index is 2.27. The van der Waals surface area contributed by atoms with Crippen LogP contribution in [0.4, 0.5) is 0 Å². The van der Waals surface area contributed by atoms with Gasteiger partial charge in [-0.15, -0.1) is 21.5 Å². The largest absolute Gasteiger partial charge is 0.195 e. The van der Waals surface area contributed by atoms with Crippen LogP contribution in [0.3, 0.4) is 0 Å². The van der Waals surface area contributed by atoms with Crippen LogP contribution in [-0.4, -0.2) is 19.8 Å². The topological polar surface area (TPSA) is 43.1 Å². The van der Waals surface area contributed by atoms with Gasteiger partial charge in [0.15, 0.2) is 11.5 Å². The number of hydrogen-bond donors (Lipinski definition) is 0. The zero-order chi connectivity index (χ0) is 11.1. The Morgan fingerprint density at radius 1 is 1.19 bits per heavy atom. The molecule has 0 fully saturated rings. The van der Waals surface area contributed by atoms with Gasteiger partial charge in [0.05, 0.1) is 8.66 Å². The van der Waals surface area contributed by atoms with Crippen molar-refractivity contribution in [3.05, 3.63) is 33.2 Å². The van der Waals surface area contributed by atoms with Crippen molar-refractivity contribution >= 4 is 44.5 Å². The number of fused-ring (bicyclic) bond motifs is 1. The third kappa shape index (κ3) is 1.63. The second kappa shape index (κ2) is 3.80. The molecule has 0 aromatic carbocycles. The van der Waals surface area contributed by atoms with E-state index in [4.69, 9.17) is 11.6 Å². The summed E-state index contributed by atoms with van der Waals surface area (Å²) in [6, 6.07) is 7.41. The predicted octanol–water partition coefficient (Wildman–Crippen LogP) is 3.27. The SMILES string of the molecule is Clc1ccc2nnc(-c3ccc(Br)s3)n2n1. The first kappa shape index (κ1) is 10.2. The molecule has 3 aromatic heterocycles. The minimum absolute atomic E-state index is 0.421. The van der Waals surface area contributed by atoms with Gasteiger partial charge in [0.25, 0.3) is 0 Å². The first-order valence-corrected chi connectivity index (χ1v) is 6.36. The molecule has 0 atom stereocenters. The Morgan fingerprint density at radius 3 is 2.81 bits per heavy atom. The molecular formula is C9H4BrClN4S. The summed E-state index contributed by atoms with van der Waals surface area (Å²) in [5, 5.41) is 12.7. The lowest BCUT2D eigenvalue weighted by molar-refractivity contribution is 0.939. The maximum absolute atomic E-state index is 5.85.